The second-order valence-electron chi connectivity index (χ2n) is 5.94. The maximum Gasteiger partial charge on any atom is 0.243 e. The second-order valence-corrected chi connectivity index (χ2v) is 7.88. The van der Waals surface area contributed by atoms with E-state index in [1.54, 1.807) is 30.5 Å². The van der Waals surface area contributed by atoms with Crippen molar-refractivity contribution in [2.75, 3.05) is 6.61 Å². The van der Waals surface area contributed by atoms with Crippen LogP contribution in [-0.4, -0.2) is 29.3 Å². The van der Waals surface area contributed by atoms with Gasteiger partial charge in [0, 0.05) is 18.3 Å². The summed E-state index contributed by atoms with van der Waals surface area (Å²) in [6.45, 7) is 5.32. The number of aromatic nitrogens is 2. The van der Waals surface area contributed by atoms with Gasteiger partial charge in [-0.05, 0) is 30.2 Å². The number of nitrogens with zero attached hydrogens (tertiary/aromatic N) is 3. The van der Waals surface area contributed by atoms with Crippen molar-refractivity contribution in [1.82, 2.24) is 14.3 Å². The standard InChI is InChI=1S/C16H19N3O3S/c1-12(2)10-22-14-3-5-15(6-4-14)23(20,21)19-8-13-7-17-11-18-16(13)9-19/h3-7,11-12H,8-10H2,1-2H3. The number of benzene rings is 1. The molecule has 1 aromatic heterocycles. The molecule has 3 rings (SSSR count). The Kier molecular flexibility index (Phi) is 4.32. The third kappa shape index (κ3) is 3.35. The molecule has 1 aromatic carbocycles. The lowest BCUT2D eigenvalue weighted by molar-refractivity contribution is 0.271. The van der Waals surface area contributed by atoms with Crippen LogP contribution in [0.1, 0.15) is 25.1 Å². The zero-order chi connectivity index (χ0) is 16.4. The topological polar surface area (TPSA) is 72.4 Å². The van der Waals surface area contributed by atoms with Gasteiger partial charge in [-0.3, -0.25) is 0 Å². The summed E-state index contributed by atoms with van der Waals surface area (Å²) in [5.74, 6) is 1.09. The van der Waals surface area contributed by atoms with Crippen molar-refractivity contribution in [2.24, 2.45) is 5.92 Å². The van der Waals surface area contributed by atoms with Crippen LogP contribution in [-0.2, 0) is 23.1 Å². The molecule has 2 aromatic rings. The molecule has 0 saturated heterocycles. The van der Waals surface area contributed by atoms with Gasteiger partial charge in [0.25, 0.3) is 0 Å². The second kappa shape index (κ2) is 6.25. The van der Waals surface area contributed by atoms with Crippen LogP contribution < -0.4 is 4.74 Å². The van der Waals surface area contributed by atoms with Gasteiger partial charge >= 0.3 is 0 Å². The molecule has 0 bridgehead atoms. The van der Waals surface area contributed by atoms with Gasteiger partial charge in [-0.1, -0.05) is 13.8 Å². The molecule has 0 aliphatic carbocycles. The number of hydrogen-bond acceptors (Lipinski definition) is 5. The molecule has 1 aliphatic rings. The Bertz CT molecular complexity index is 763. The molecule has 0 fully saturated rings. The minimum Gasteiger partial charge on any atom is -0.493 e. The lowest BCUT2D eigenvalue weighted by Crippen LogP contribution is -2.25. The van der Waals surface area contributed by atoms with E-state index in [0.29, 0.717) is 24.8 Å². The van der Waals surface area contributed by atoms with Gasteiger partial charge in [0.1, 0.15) is 12.1 Å². The lowest BCUT2D eigenvalue weighted by Gasteiger charge is -2.16. The molecule has 0 spiro atoms. The summed E-state index contributed by atoms with van der Waals surface area (Å²) in [5, 5.41) is 0. The highest BCUT2D eigenvalue weighted by atomic mass is 32.2. The number of sulfonamides is 1. The predicted molar refractivity (Wildman–Crippen MR) is 85.2 cm³/mol. The molecular formula is C16H19N3O3S. The molecule has 23 heavy (non-hydrogen) atoms. The molecule has 122 valence electrons. The van der Waals surface area contributed by atoms with Crippen LogP contribution >= 0.6 is 0 Å². The zero-order valence-electron chi connectivity index (χ0n) is 13.1. The van der Waals surface area contributed by atoms with Crippen molar-refractivity contribution >= 4 is 10.0 Å². The van der Waals surface area contributed by atoms with Crippen molar-refractivity contribution in [2.45, 2.75) is 31.8 Å². The van der Waals surface area contributed by atoms with Crippen molar-refractivity contribution < 1.29 is 13.2 Å². The van der Waals surface area contributed by atoms with Crippen molar-refractivity contribution in [1.29, 1.82) is 0 Å². The fraction of sp³-hybridized carbons (Fsp3) is 0.375. The highest BCUT2D eigenvalue weighted by molar-refractivity contribution is 7.89. The number of hydrogen-bond donors (Lipinski definition) is 0. The van der Waals surface area contributed by atoms with E-state index in [1.165, 1.54) is 10.6 Å². The monoisotopic (exact) mass is 333 g/mol. The highest BCUT2D eigenvalue weighted by Crippen LogP contribution is 2.27. The largest absolute Gasteiger partial charge is 0.493 e. The summed E-state index contributed by atoms with van der Waals surface area (Å²) >= 11 is 0. The van der Waals surface area contributed by atoms with E-state index < -0.39 is 10.0 Å². The van der Waals surface area contributed by atoms with E-state index in [9.17, 15) is 8.42 Å². The first kappa shape index (κ1) is 15.9. The minimum atomic E-state index is -3.54. The number of fused-ring (bicyclic) bond motifs is 1. The van der Waals surface area contributed by atoms with Crippen molar-refractivity contribution in [3.05, 3.63) is 48.0 Å². The quantitative estimate of drug-likeness (QED) is 0.839. The fourth-order valence-electron chi connectivity index (χ4n) is 2.36. The van der Waals surface area contributed by atoms with Crippen molar-refractivity contribution in [3.63, 3.8) is 0 Å². The third-order valence-electron chi connectivity index (χ3n) is 3.60. The van der Waals surface area contributed by atoms with Gasteiger partial charge in [0.15, 0.2) is 0 Å². The highest BCUT2D eigenvalue weighted by Gasteiger charge is 2.31. The van der Waals surface area contributed by atoms with E-state index in [-0.39, 0.29) is 11.4 Å². The Morgan fingerprint density at radius 1 is 1.22 bits per heavy atom. The molecule has 7 heteroatoms. The van der Waals surface area contributed by atoms with Gasteiger partial charge < -0.3 is 4.74 Å². The van der Waals surface area contributed by atoms with E-state index in [4.69, 9.17) is 4.74 Å². The minimum absolute atomic E-state index is 0.259. The van der Waals surface area contributed by atoms with E-state index in [0.717, 1.165) is 11.3 Å². The normalized spacial score (nSPS) is 14.9. The van der Waals surface area contributed by atoms with E-state index >= 15 is 0 Å². The molecule has 0 radical (unpaired) electrons. The number of rotatable bonds is 5. The van der Waals surface area contributed by atoms with Crippen LogP contribution in [0.4, 0.5) is 0 Å². The molecule has 1 aliphatic heterocycles. The summed E-state index contributed by atoms with van der Waals surface area (Å²) in [5.41, 5.74) is 1.62. The summed E-state index contributed by atoms with van der Waals surface area (Å²) in [6, 6.07) is 6.55. The predicted octanol–water partition coefficient (Wildman–Crippen LogP) is 2.22. The molecular weight excluding hydrogens is 314 g/mol. The van der Waals surface area contributed by atoms with Gasteiger partial charge in [-0.25, -0.2) is 18.4 Å². The third-order valence-corrected chi connectivity index (χ3v) is 5.40. The van der Waals surface area contributed by atoms with Crippen LogP contribution in [0.5, 0.6) is 5.75 Å². The molecule has 2 heterocycles. The van der Waals surface area contributed by atoms with Crippen LogP contribution in [0.25, 0.3) is 0 Å². The van der Waals surface area contributed by atoms with Crippen LogP contribution in [0.15, 0.2) is 41.7 Å². The van der Waals surface area contributed by atoms with Gasteiger partial charge in [0.05, 0.1) is 23.7 Å². The summed E-state index contributed by atoms with van der Waals surface area (Å²) in [6.07, 6.45) is 3.11. The summed E-state index contributed by atoms with van der Waals surface area (Å²) in [7, 11) is -3.54. The SMILES string of the molecule is CC(C)COc1ccc(S(=O)(=O)N2Cc3cncnc3C2)cc1. The Balaban J connectivity index is 1.76. The lowest BCUT2D eigenvalue weighted by atomic mass is 10.2. The summed E-state index contributed by atoms with van der Waals surface area (Å²) < 4.78 is 32.4. The first-order chi connectivity index (χ1) is 11.0. The van der Waals surface area contributed by atoms with E-state index in [1.807, 2.05) is 0 Å². The van der Waals surface area contributed by atoms with Crippen LogP contribution in [0.3, 0.4) is 0 Å². The van der Waals surface area contributed by atoms with Crippen molar-refractivity contribution in [3.8, 4) is 5.75 Å². The smallest absolute Gasteiger partial charge is 0.243 e. The average molecular weight is 333 g/mol. The van der Waals surface area contributed by atoms with E-state index in [2.05, 4.69) is 23.8 Å². The average Bonchev–Trinajstić information content (AvgIpc) is 2.98. The molecule has 0 saturated carbocycles. The van der Waals surface area contributed by atoms with Gasteiger partial charge in [0.2, 0.25) is 10.0 Å². The maximum absolute atomic E-state index is 12.7. The Morgan fingerprint density at radius 3 is 2.61 bits per heavy atom. The molecule has 6 nitrogen and oxygen atoms in total. The molecule has 0 N–H and O–H groups in total. The molecule has 0 atom stereocenters. The maximum atomic E-state index is 12.7. The Hall–Kier alpha value is -1.99. The Morgan fingerprint density at radius 2 is 1.96 bits per heavy atom. The Labute approximate surface area is 136 Å². The molecule has 0 amide bonds. The first-order valence-corrected chi connectivity index (χ1v) is 8.91. The zero-order valence-corrected chi connectivity index (χ0v) is 14.0. The van der Waals surface area contributed by atoms with Crippen LogP contribution in [0.2, 0.25) is 0 Å². The fourth-order valence-corrected chi connectivity index (χ4v) is 3.74. The molecule has 0 unspecified atom stereocenters. The van der Waals surface area contributed by atoms with Gasteiger partial charge in [-0.2, -0.15) is 4.31 Å². The van der Waals surface area contributed by atoms with Crippen LogP contribution in [0, 0.1) is 5.92 Å². The first-order valence-electron chi connectivity index (χ1n) is 7.47. The van der Waals surface area contributed by atoms with Gasteiger partial charge in [-0.15, -0.1) is 0 Å². The summed E-state index contributed by atoms with van der Waals surface area (Å²) in [4.78, 5) is 8.34. The number of ether oxygens (including phenoxy) is 1.